The highest BCUT2D eigenvalue weighted by Crippen LogP contribution is 2.40. The molecule has 21 heavy (non-hydrogen) atoms. The van der Waals surface area contributed by atoms with Gasteiger partial charge in [-0.15, -0.1) is 0 Å². The molecule has 0 unspecified atom stereocenters. The predicted molar refractivity (Wildman–Crippen MR) is 78.9 cm³/mol. The van der Waals surface area contributed by atoms with Crippen LogP contribution in [0.5, 0.6) is 11.5 Å². The van der Waals surface area contributed by atoms with Crippen molar-refractivity contribution in [3.05, 3.63) is 34.4 Å². The van der Waals surface area contributed by atoms with E-state index in [-0.39, 0.29) is 5.97 Å². The number of fused-ring (bicyclic) bond motifs is 1. The van der Waals surface area contributed by atoms with E-state index < -0.39 is 0 Å². The molecule has 1 aliphatic carbocycles. The third-order valence-electron chi connectivity index (χ3n) is 4.20. The molecule has 0 amide bonds. The fourth-order valence-electron chi connectivity index (χ4n) is 3.15. The minimum Gasteiger partial charge on any atom is -0.496 e. The number of ether oxygens (including phenoxy) is 3. The molecule has 1 aromatic rings. The van der Waals surface area contributed by atoms with Gasteiger partial charge in [-0.1, -0.05) is 11.6 Å². The third-order valence-corrected chi connectivity index (χ3v) is 4.20. The number of methoxy groups -OCH3 is 2. The summed E-state index contributed by atoms with van der Waals surface area (Å²) in [6.07, 6.45) is 7.79. The van der Waals surface area contributed by atoms with E-state index >= 15 is 0 Å². The normalized spacial score (nSPS) is 17.0. The van der Waals surface area contributed by atoms with Crippen LogP contribution in [-0.2, 0) is 17.8 Å². The van der Waals surface area contributed by atoms with Crippen molar-refractivity contribution in [1.29, 1.82) is 0 Å². The SMILES string of the molecule is COc1cc2c(c(OC)c1CC1=CCCCC1)C(=O)OC2. The van der Waals surface area contributed by atoms with Crippen LogP contribution in [0.4, 0.5) is 0 Å². The van der Waals surface area contributed by atoms with Crippen molar-refractivity contribution >= 4 is 5.97 Å². The zero-order valence-corrected chi connectivity index (χ0v) is 12.5. The van der Waals surface area contributed by atoms with Crippen molar-refractivity contribution in [3.8, 4) is 11.5 Å². The van der Waals surface area contributed by atoms with Gasteiger partial charge < -0.3 is 14.2 Å². The number of benzene rings is 1. The van der Waals surface area contributed by atoms with Gasteiger partial charge in [-0.25, -0.2) is 4.79 Å². The fraction of sp³-hybridized carbons (Fsp3) is 0.471. The van der Waals surface area contributed by atoms with E-state index in [1.54, 1.807) is 14.2 Å². The number of cyclic esters (lactones) is 1. The summed E-state index contributed by atoms with van der Waals surface area (Å²) in [5.41, 5.74) is 3.75. The number of rotatable bonds is 4. The van der Waals surface area contributed by atoms with E-state index in [0.29, 0.717) is 17.9 Å². The molecule has 1 aromatic carbocycles. The first kappa shape index (κ1) is 14.0. The lowest BCUT2D eigenvalue weighted by atomic mass is 9.91. The fourth-order valence-corrected chi connectivity index (χ4v) is 3.15. The molecule has 1 heterocycles. The average Bonchev–Trinajstić information content (AvgIpc) is 2.89. The smallest absolute Gasteiger partial charge is 0.342 e. The van der Waals surface area contributed by atoms with Gasteiger partial charge in [0.15, 0.2) is 0 Å². The first-order valence-electron chi connectivity index (χ1n) is 7.36. The summed E-state index contributed by atoms with van der Waals surface area (Å²) < 4.78 is 16.2. The molecular formula is C17H20O4. The second-order valence-corrected chi connectivity index (χ2v) is 5.49. The molecule has 1 aliphatic heterocycles. The van der Waals surface area contributed by atoms with Gasteiger partial charge in [0.2, 0.25) is 0 Å². The Morgan fingerprint density at radius 1 is 1.24 bits per heavy atom. The molecule has 4 nitrogen and oxygen atoms in total. The molecule has 0 bridgehead atoms. The maximum absolute atomic E-state index is 11.9. The summed E-state index contributed by atoms with van der Waals surface area (Å²) in [6.45, 7) is 0.295. The van der Waals surface area contributed by atoms with Crippen molar-refractivity contribution in [1.82, 2.24) is 0 Å². The van der Waals surface area contributed by atoms with Crippen LogP contribution in [0.3, 0.4) is 0 Å². The Balaban J connectivity index is 2.07. The summed E-state index contributed by atoms with van der Waals surface area (Å²) in [6, 6.07) is 1.90. The zero-order chi connectivity index (χ0) is 14.8. The van der Waals surface area contributed by atoms with Crippen molar-refractivity contribution in [2.24, 2.45) is 0 Å². The van der Waals surface area contributed by atoms with Crippen molar-refractivity contribution in [2.45, 2.75) is 38.7 Å². The average molecular weight is 288 g/mol. The molecular weight excluding hydrogens is 268 g/mol. The van der Waals surface area contributed by atoms with Crippen LogP contribution in [0, 0.1) is 0 Å². The predicted octanol–water partition coefficient (Wildman–Crippen LogP) is 3.42. The molecule has 4 heteroatoms. The number of esters is 1. The number of allylic oxidation sites excluding steroid dienone is 2. The first-order chi connectivity index (χ1) is 10.2. The van der Waals surface area contributed by atoms with Crippen LogP contribution >= 0.6 is 0 Å². The second-order valence-electron chi connectivity index (χ2n) is 5.49. The molecule has 0 fully saturated rings. The van der Waals surface area contributed by atoms with Gasteiger partial charge >= 0.3 is 5.97 Å². The summed E-state index contributed by atoms with van der Waals surface area (Å²) in [7, 11) is 3.25. The van der Waals surface area contributed by atoms with Crippen LogP contribution in [0.1, 0.15) is 47.2 Å². The van der Waals surface area contributed by atoms with E-state index in [0.717, 1.165) is 36.1 Å². The van der Waals surface area contributed by atoms with Gasteiger partial charge in [0, 0.05) is 17.5 Å². The maximum Gasteiger partial charge on any atom is 0.342 e. The van der Waals surface area contributed by atoms with Crippen LogP contribution in [-0.4, -0.2) is 20.2 Å². The van der Waals surface area contributed by atoms with Crippen molar-refractivity contribution < 1.29 is 19.0 Å². The molecule has 0 saturated heterocycles. The maximum atomic E-state index is 11.9. The number of hydrogen-bond donors (Lipinski definition) is 0. The van der Waals surface area contributed by atoms with Crippen LogP contribution < -0.4 is 9.47 Å². The molecule has 0 saturated carbocycles. The standard InChI is InChI=1S/C17H20O4/c1-19-14-9-12-10-21-17(18)15(12)16(20-2)13(14)8-11-6-4-3-5-7-11/h6,9H,3-5,7-8,10H2,1-2H3. The van der Waals surface area contributed by atoms with Gasteiger partial charge in [0.1, 0.15) is 23.7 Å². The lowest BCUT2D eigenvalue weighted by molar-refractivity contribution is 0.0532. The Bertz CT molecular complexity index is 601. The minimum absolute atomic E-state index is 0.295. The second kappa shape index (κ2) is 5.80. The van der Waals surface area contributed by atoms with E-state index in [1.165, 1.54) is 18.4 Å². The quantitative estimate of drug-likeness (QED) is 0.629. The Morgan fingerprint density at radius 3 is 2.76 bits per heavy atom. The zero-order valence-electron chi connectivity index (χ0n) is 12.5. The summed E-state index contributed by atoms with van der Waals surface area (Å²) in [5, 5.41) is 0. The third kappa shape index (κ3) is 2.50. The van der Waals surface area contributed by atoms with Gasteiger partial charge in [0.05, 0.1) is 14.2 Å². The summed E-state index contributed by atoms with van der Waals surface area (Å²) >= 11 is 0. The topological polar surface area (TPSA) is 44.8 Å². The van der Waals surface area contributed by atoms with Crippen LogP contribution in [0.25, 0.3) is 0 Å². The minimum atomic E-state index is -0.302. The lowest BCUT2D eigenvalue weighted by Gasteiger charge is -2.18. The molecule has 0 spiro atoms. The monoisotopic (exact) mass is 288 g/mol. The van der Waals surface area contributed by atoms with E-state index in [1.807, 2.05) is 6.07 Å². The summed E-state index contributed by atoms with van der Waals surface area (Å²) in [5.74, 6) is 1.08. The Labute approximate surface area is 124 Å². The number of carbonyl (C=O) groups is 1. The first-order valence-corrected chi connectivity index (χ1v) is 7.36. The molecule has 2 aliphatic rings. The van der Waals surface area contributed by atoms with E-state index in [4.69, 9.17) is 14.2 Å². The van der Waals surface area contributed by atoms with Gasteiger partial charge in [-0.3, -0.25) is 0 Å². The van der Waals surface area contributed by atoms with Crippen LogP contribution in [0.2, 0.25) is 0 Å². The van der Waals surface area contributed by atoms with Crippen molar-refractivity contribution in [2.75, 3.05) is 14.2 Å². The van der Waals surface area contributed by atoms with Gasteiger partial charge in [-0.2, -0.15) is 0 Å². The lowest BCUT2D eigenvalue weighted by Crippen LogP contribution is -2.06. The number of hydrogen-bond acceptors (Lipinski definition) is 4. The molecule has 0 aromatic heterocycles. The number of carbonyl (C=O) groups excluding carboxylic acids is 1. The van der Waals surface area contributed by atoms with E-state index in [9.17, 15) is 4.79 Å². The molecule has 0 N–H and O–H groups in total. The Kier molecular flexibility index (Phi) is 3.86. The molecule has 0 atom stereocenters. The Hall–Kier alpha value is -1.97. The van der Waals surface area contributed by atoms with Gasteiger partial charge in [0.25, 0.3) is 0 Å². The largest absolute Gasteiger partial charge is 0.496 e. The highest BCUT2D eigenvalue weighted by molar-refractivity contribution is 5.97. The summed E-state index contributed by atoms with van der Waals surface area (Å²) in [4.78, 5) is 11.9. The Morgan fingerprint density at radius 2 is 2.10 bits per heavy atom. The van der Waals surface area contributed by atoms with Gasteiger partial charge in [-0.05, 0) is 31.7 Å². The molecule has 3 rings (SSSR count). The highest BCUT2D eigenvalue weighted by atomic mass is 16.5. The van der Waals surface area contributed by atoms with E-state index in [2.05, 4.69) is 6.08 Å². The van der Waals surface area contributed by atoms with Crippen molar-refractivity contribution in [3.63, 3.8) is 0 Å². The molecule has 112 valence electrons. The molecule has 0 radical (unpaired) electrons. The van der Waals surface area contributed by atoms with Crippen LogP contribution in [0.15, 0.2) is 17.7 Å². The highest BCUT2D eigenvalue weighted by Gasteiger charge is 2.30.